The van der Waals surface area contributed by atoms with Crippen LogP contribution in [0.5, 0.6) is 0 Å². The molecular formula is C13H22N2O4. The maximum absolute atomic E-state index is 12.3. The molecule has 0 spiro atoms. The highest BCUT2D eigenvalue weighted by Gasteiger charge is 2.39. The molecule has 3 unspecified atom stereocenters. The number of nitrogens with zero attached hydrogens (tertiary/aromatic N) is 2. The highest BCUT2D eigenvalue weighted by molar-refractivity contribution is 5.78. The maximum atomic E-state index is 12.3. The largest absolute Gasteiger partial charge is 0.481 e. The number of carbonyl (C=O) groups is 2. The molecule has 2 rings (SSSR count). The van der Waals surface area contributed by atoms with Crippen molar-refractivity contribution in [2.75, 3.05) is 32.8 Å². The van der Waals surface area contributed by atoms with E-state index >= 15 is 0 Å². The third-order valence-corrected chi connectivity index (χ3v) is 4.29. The maximum Gasteiger partial charge on any atom is 0.320 e. The molecule has 0 aromatic rings. The first kappa shape index (κ1) is 14.1. The molecule has 0 aliphatic carbocycles. The van der Waals surface area contributed by atoms with Gasteiger partial charge < -0.3 is 20.0 Å². The van der Waals surface area contributed by atoms with Gasteiger partial charge in [0.1, 0.15) is 0 Å². The van der Waals surface area contributed by atoms with Crippen molar-refractivity contribution in [1.82, 2.24) is 9.80 Å². The van der Waals surface area contributed by atoms with E-state index in [4.69, 9.17) is 10.2 Å². The Bertz CT molecular complexity index is 361. The zero-order valence-corrected chi connectivity index (χ0v) is 11.3. The van der Waals surface area contributed by atoms with Crippen molar-refractivity contribution in [3.8, 4) is 0 Å². The Morgan fingerprint density at radius 1 is 1.21 bits per heavy atom. The summed E-state index contributed by atoms with van der Waals surface area (Å²) in [4.78, 5) is 26.8. The Balaban J connectivity index is 1.90. The lowest BCUT2D eigenvalue weighted by atomic mass is 9.99. The van der Waals surface area contributed by atoms with Gasteiger partial charge in [0.05, 0.1) is 5.92 Å². The van der Waals surface area contributed by atoms with Gasteiger partial charge in [0.25, 0.3) is 0 Å². The topological polar surface area (TPSA) is 81.1 Å². The summed E-state index contributed by atoms with van der Waals surface area (Å²) >= 11 is 0. The highest BCUT2D eigenvalue weighted by atomic mass is 16.4. The molecule has 6 heteroatoms. The molecule has 19 heavy (non-hydrogen) atoms. The molecule has 2 aliphatic heterocycles. The number of hydrogen-bond acceptors (Lipinski definition) is 3. The Kier molecular flexibility index (Phi) is 4.29. The Morgan fingerprint density at radius 2 is 1.95 bits per heavy atom. The number of aliphatic carboxylic acids is 1. The molecule has 6 nitrogen and oxygen atoms in total. The van der Waals surface area contributed by atoms with Gasteiger partial charge in [-0.25, -0.2) is 4.79 Å². The van der Waals surface area contributed by atoms with Gasteiger partial charge in [-0.2, -0.15) is 0 Å². The Morgan fingerprint density at radius 3 is 2.53 bits per heavy atom. The predicted octanol–water partition coefficient (Wildman–Crippen LogP) is 0.463. The van der Waals surface area contributed by atoms with Crippen LogP contribution in [0.4, 0.5) is 4.79 Å². The van der Waals surface area contributed by atoms with Crippen LogP contribution in [0.15, 0.2) is 0 Å². The molecule has 0 radical (unpaired) electrons. The third-order valence-electron chi connectivity index (χ3n) is 4.29. The van der Waals surface area contributed by atoms with E-state index in [1.54, 1.807) is 9.80 Å². The lowest BCUT2D eigenvalue weighted by Crippen LogP contribution is -2.41. The summed E-state index contributed by atoms with van der Waals surface area (Å²) in [5, 5.41) is 18.0. The van der Waals surface area contributed by atoms with E-state index in [2.05, 4.69) is 0 Å². The molecule has 3 atom stereocenters. The van der Waals surface area contributed by atoms with Crippen molar-refractivity contribution in [2.45, 2.75) is 19.8 Å². The van der Waals surface area contributed by atoms with E-state index in [0.29, 0.717) is 32.1 Å². The van der Waals surface area contributed by atoms with Crippen LogP contribution in [0.25, 0.3) is 0 Å². The van der Waals surface area contributed by atoms with Crippen LogP contribution in [0.2, 0.25) is 0 Å². The zero-order chi connectivity index (χ0) is 14.0. The molecule has 0 bridgehead atoms. The minimum absolute atomic E-state index is 0.0114. The minimum Gasteiger partial charge on any atom is -0.481 e. The Hall–Kier alpha value is -1.30. The van der Waals surface area contributed by atoms with Gasteiger partial charge in [0, 0.05) is 32.8 Å². The van der Waals surface area contributed by atoms with E-state index < -0.39 is 11.9 Å². The lowest BCUT2D eigenvalue weighted by molar-refractivity contribution is -0.142. The molecule has 2 saturated heterocycles. The van der Waals surface area contributed by atoms with Crippen molar-refractivity contribution in [3.63, 3.8) is 0 Å². The number of aliphatic hydroxyl groups excluding tert-OH is 1. The van der Waals surface area contributed by atoms with Crippen molar-refractivity contribution in [3.05, 3.63) is 0 Å². The molecule has 2 aliphatic rings. The van der Waals surface area contributed by atoms with Crippen LogP contribution in [-0.4, -0.2) is 64.8 Å². The number of aliphatic hydroxyl groups is 1. The van der Waals surface area contributed by atoms with Gasteiger partial charge in [-0.3, -0.25) is 4.79 Å². The van der Waals surface area contributed by atoms with Crippen molar-refractivity contribution < 1.29 is 19.8 Å². The molecule has 2 amide bonds. The fraction of sp³-hybridized carbons (Fsp3) is 0.846. The Labute approximate surface area is 113 Å². The molecule has 0 aromatic heterocycles. The molecule has 2 fully saturated rings. The third kappa shape index (κ3) is 3.00. The van der Waals surface area contributed by atoms with Crippen molar-refractivity contribution >= 4 is 12.0 Å². The second-order valence-corrected chi connectivity index (χ2v) is 5.72. The quantitative estimate of drug-likeness (QED) is 0.781. The number of carbonyl (C=O) groups excluding carboxylic acids is 1. The minimum atomic E-state index is -0.817. The molecule has 2 heterocycles. The summed E-state index contributed by atoms with van der Waals surface area (Å²) < 4.78 is 0. The first-order chi connectivity index (χ1) is 9.02. The van der Waals surface area contributed by atoms with E-state index in [-0.39, 0.29) is 18.6 Å². The SMILES string of the molecule is CC1CN(C(=O)N2CCC(CCO)C2)CC1C(=O)O. The average molecular weight is 270 g/mol. The van der Waals surface area contributed by atoms with E-state index in [1.807, 2.05) is 6.92 Å². The number of hydrogen-bond donors (Lipinski definition) is 2. The van der Waals surface area contributed by atoms with Crippen LogP contribution in [-0.2, 0) is 4.79 Å². The van der Waals surface area contributed by atoms with Crippen LogP contribution in [0.3, 0.4) is 0 Å². The number of amides is 2. The summed E-state index contributed by atoms with van der Waals surface area (Å²) in [7, 11) is 0. The molecular weight excluding hydrogens is 248 g/mol. The number of urea groups is 1. The smallest absolute Gasteiger partial charge is 0.320 e. The summed E-state index contributed by atoms with van der Waals surface area (Å²) in [6, 6.07) is -0.0453. The molecule has 0 saturated carbocycles. The first-order valence-corrected chi connectivity index (χ1v) is 6.90. The highest BCUT2D eigenvalue weighted by Crippen LogP contribution is 2.26. The van der Waals surface area contributed by atoms with Crippen molar-refractivity contribution in [1.29, 1.82) is 0 Å². The van der Waals surface area contributed by atoms with Gasteiger partial charge in [-0.1, -0.05) is 6.92 Å². The molecule has 0 aromatic carbocycles. The fourth-order valence-corrected chi connectivity index (χ4v) is 3.07. The van der Waals surface area contributed by atoms with E-state index in [1.165, 1.54) is 0 Å². The number of likely N-dealkylation sites (tertiary alicyclic amines) is 2. The lowest BCUT2D eigenvalue weighted by Gasteiger charge is -2.24. The fourth-order valence-electron chi connectivity index (χ4n) is 3.07. The standard InChI is InChI=1S/C13H22N2O4/c1-9-6-15(8-11(9)12(17)18)13(19)14-4-2-10(7-14)3-5-16/h9-11,16H,2-8H2,1H3,(H,17,18). The summed E-state index contributed by atoms with van der Waals surface area (Å²) in [6.45, 7) is 4.28. The number of carboxylic acids is 1. The van der Waals surface area contributed by atoms with Crippen LogP contribution >= 0.6 is 0 Å². The number of rotatable bonds is 3. The monoisotopic (exact) mass is 270 g/mol. The first-order valence-electron chi connectivity index (χ1n) is 6.90. The second kappa shape index (κ2) is 5.77. The number of carboxylic acid groups (broad SMARTS) is 1. The second-order valence-electron chi connectivity index (χ2n) is 5.72. The molecule has 2 N–H and O–H groups in total. The normalized spacial score (nSPS) is 30.9. The summed E-state index contributed by atoms with van der Waals surface area (Å²) in [5.41, 5.74) is 0. The average Bonchev–Trinajstić information content (AvgIpc) is 2.95. The van der Waals surface area contributed by atoms with Crippen LogP contribution in [0, 0.1) is 17.8 Å². The molecule has 108 valence electrons. The zero-order valence-electron chi connectivity index (χ0n) is 11.3. The van der Waals surface area contributed by atoms with Gasteiger partial charge >= 0.3 is 12.0 Å². The van der Waals surface area contributed by atoms with Gasteiger partial charge in [0.15, 0.2) is 0 Å². The summed E-state index contributed by atoms with van der Waals surface area (Å²) in [6.07, 6.45) is 1.66. The summed E-state index contributed by atoms with van der Waals surface area (Å²) in [5.74, 6) is -0.872. The van der Waals surface area contributed by atoms with Gasteiger partial charge in [-0.05, 0) is 24.7 Å². The predicted molar refractivity (Wildman–Crippen MR) is 68.6 cm³/mol. The van der Waals surface area contributed by atoms with E-state index in [9.17, 15) is 9.59 Å². The van der Waals surface area contributed by atoms with Crippen molar-refractivity contribution in [2.24, 2.45) is 17.8 Å². The van der Waals surface area contributed by atoms with Crippen LogP contribution < -0.4 is 0 Å². The van der Waals surface area contributed by atoms with Crippen LogP contribution in [0.1, 0.15) is 19.8 Å². The van der Waals surface area contributed by atoms with Gasteiger partial charge in [-0.15, -0.1) is 0 Å². The van der Waals surface area contributed by atoms with E-state index in [0.717, 1.165) is 12.8 Å². The van der Waals surface area contributed by atoms with Gasteiger partial charge in [0.2, 0.25) is 0 Å².